The minimum Gasteiger partial charge on any atom is -0.374 e. The standard InChI is InChI=1S/C17H27BrFNO/c1-5-8-20-16(17(4,6-2)21-7-3)11-13-9-14(18)12-15(19)10-13/h9-10,12,16,20H,5-8,11H2,1-4H3. The molecule has 1 aromatic carbocycles. The van der Waals surface area contributed by atoms with Crippen LogP contribution in [0, 0.1) is 5.82 Å². The third-order valence-corrected chi connectivity index (χ3v) is 4.37. The Bertz CT molecular complexity index is 421. The topological polar surface area (TPSA) is 21.3 Å². The van der Waals surface area contributed by atoms with Gasteiger partial charge >= 0.3 is 0 Å². The molecule has 1 rings (SSSR count). The highest BCUT2D eigenvalue weighted by Gasteiger charge is 2.33. The zero-order valence-electron chi connectivity index (χ0n) is 13.5. The SMILES string of the molecule is CCCNC(Cc1cc(F)cc(Br)c1)C(C)(CC)OCC. The first-order valence-electron chi connectivity index (χ1n) is 7.77. The van der Waals surface area contributed by atoms with E-state index >= 15 is 0 Å². The summed E-state index contributed by atoms with van der Waals surface area (Å²) in [5.74, 6) is -0.205. The van der Waals surface area contributed by atoms with Gasteiger partial charge in [0.15, 0.2) is 0 Å². The van der Waals surface area contributed by atoms with Crippen LogP contribution in [0.4, 0.5) is 4.39 Å². The molecule has 1 N–H and O–H groups in total. The predicted molar refractivity (Wildman–Crippen MR) is 90.2 cm³/mol. The van der Waals surface area contributed by atoms with E-state index < -0.39 is 0 Å². The molecular weight excluding hydrogens is 333 g/mol. The Kier molecular flexibility index (Phi) is 7.85. The molecule has 0 aliphatic rings. The van der Waals surface area contributed by atoms with Crippen molar-refractivity contribution in [2.45, 2.75) is 58.6 Å². The predicted octanol–water partition coefficient (Wildman–Crippen LogP) is 4.70. The van der Waals surface area contributed by atoms with Crippen LogP contribution in [0.25, 0.3) is 0 Å². The normalized spacial score (nSPS) is 15.7. The monoisotopic (exact) mass is 359 g/mol. The molecule has 0 saturated heterocycles. The average molecular weight is 360 g/mol. The van der Waals surface area contributed by atoms with E-state index in [0.717, 1.165) is 35.8 Å². The molecule has 0 aliphatic carbocycles. The number of hydrogen-bond acceptors (Lipinski definition) is 2. The average Bonchev–Trinajstić information content (AvgIpc) is 2.42. The summed E-state index contributed by atoms with van der Waals surface area (Å²) in [5, 5.41) is 3.57. The van der Waals surface area contributed by atoms with E-state index in [0.29, 0.717) is 6.61 Å². The molecule has 1 aromatic rings. The van der Waals surface area contributed by atoms with Gasteiger partial charge in [-0.25, -0.2) is 4.39 Å². The molecule has 0 spiro atoms. The number of ether oxygens (including phenoxy) is 1. The molecular formula is C17H27BrFNO. The van der Waals surface area contributed by atoms with Gasteiger partial charge in [0, 0.05) is 17.1 Å². The molecule has 0 amide bonds. The Hall–Kier alpha value is -0.450. The van der Waals surface area contributed by atoms with Gasteiger partial charge in [-0.05, 0) is 63.4 Å². The fourth-order valence-corrected chi connectivity index (χ4v) is 3.08. The fourth-order valence-electron chi connectivity index (χ4n) is 2.57. The molecule has 0 bridgehead atoms. The van der Waals surface area contributed by atoms with Crippen LogP contribution in [0.2, 0.25) is 0 Å². The lowest BCUT2D eigenvalue weighted by Crippen LogP contribution is -2.51. The van der Waals surface area contributed by atoms with Gasteiger partial charge in [0.25, 0.3) is 0 Å². The van der Waals surface area contributed by atoms with Crippen LogP contribution in [0.15, 0.2) is 22.7 Å². The summed E-state index contributed by atoms with van der Waals surface area (Å²) in [7, 11) is 0. The Labute approximate surface area is 136 Å². The maximum atomic E-state index is 13.6. The summed E-state index contributed by atoms with van der Waals surface area (Å²) in [5.41, 5.74) is 0.734. The highest BCUT2D eigenvalue weighted by atomic mass is 79.9. The first-order chi connectivity index (χ1) is 9.95. The second kappa shape index (κ2) is 8.86. The molecule has 2 unspecified atom stereocenters. The Balaban J connectivity index is 2.95. The largest absolute Gasteiger partial charge is 0.374 e. The molecule has 0 heterocycles. The second-order valence-electron chi connectivity index (χ2n) is 5.59. The zero-order valence-corrected chi connectivity index (χ0v) is 15.1. The number of halogens is 2. The fraction of sp³-hybridized carbons (Fsp3) is 0.647. The summed E-state index contributed by atoms with van der Waals surface area (Å²) in [6.07, 6.45) is 2.73. The van der Waals surface area contributed by atoms with E-state index in [2.05, 4.69) is 42.0 Å². The first-order valence-corrected chi connectivity index (χ1v) is 8.56. The number of rotatable bonds is 9. The number of nitrogens with one attached hydrogen (secondary N) is 1. The van der Waals surface area contributed by atoms with Gasteiger partial charge in [0.2, 0.25) is 0 Å². The molecule has 2 nitrogen and oxygen atoms in total. The van der Waals surface area contributed by atoms with Crippen LogP contribution in [-0.4, -0.2) is 24.8 Å². The van der Waals surface area contributed by atoms with Crippen molar-refractivity contribution in [1.29, 1.82) is 0 Å². The lowest BCUT2D eigenvalue weighted by molar-refractivity contribution is -0.0549. The summed E-state index contributed by atoms with van der Waals surface area (Å²) in [6.45, 7) is 10.1. The van der Waals surface area contributed by atoms with Crippen molar-refractivity contribution in [2.75, 3.05) is 13.2 Å². The number of benzene rings is 1. The third-order valence-electron chi connectivity index (χ3n) is 3.92. The molecule has 0 aromatic heterocycles. The molecule has 0 fully saturated rings. The minimum atomic E-state index is -0.247. The van der Waals surface area contributed by atoms with E-state index in [1.165, 1.54) is 6.07 Å². The summed E-state index contributed by atoms with van der Waals surface area (Å²) in [4.78, 5) is 0. The lowest BCUT2D eigenvalue weighted by atomic mass is 9.88. The van der Waals surface area contributed by atoms with Crippen LogP contribution in [0.3, 0.4) is 0 Å². The van der Waals surface area contributed by atoms with Crippen LogP contribution >= 0.6 is 15.9 Å². The van der Waals surface area contributed by atoms with Gasteiger partial charge < -0.3 is 10.1 Å². The molecule has 120 valence electrons. The van der Waals surface area contributed by atoms with Gasteiger partial charge in [0.05, 0.1) is 5.60 Å². The quantitative estimate of drug-likeness (QED) is 0.689. The van der Waals surface area contributed by atoms with Crippen LogP contribution in [-0.2, 0) is 11.2 Å². The highest BCUT2D eigenvalue weighted by molar-refractivity contribution is 9.10. The minimum absolute atomic E-state index is 0.163. The van der Waals surface area contributed by atoms with Gasteiger partial charge in [-0.2, -0.15) is 0 Å². The van der Waals surface area contributed by atoms with E-state index in [1.54, 1.807) is 6.07 Å². The van der Waals surface area contributed by atoms with Crippen molar-refractivity contribution in [1.82, 2.24) is 5.32 Å². The van der Waals surface area contributed by atoms with Crippen LogP contribution in [0.5, 0.6) is 0 Å². The second-order valence-corrected chi connectivity index (χ2v) is 6.50. The van der Waals surface area contributed by atoms with Crippen molar-refractivity contribution in [3.05, 3.63) is 34.1 Å². The smallest absolute Gasteiger partial charge is 0.124 e. The van der Waals surface area contributed by atoms with Crippen molar-refractivity contribution in [3.8, 4) is 0 Å². The van der Waals surface area contributed by atoms with Gasteiger partial charge in [-0.3, -0.25) is 0 Å². The van der Waals surface area contributed by atoms with Crippen LogP contribution < -0.4 is 5.32 Å². The van der Waals surface area contributed by atoms with Crippen molar-refractivity contribution in [3.63, 3.8) is 0 Å². The molecule has 0 saturated carbocycles. The first kappa shape index (κ1) is 18.6. The van der Waals surface area contributed by atoms with E-state index in [-0.39, 0.29) is 17.5 Å². The molecule has 21 heavy (non-hydrogen) atoms. The Morgan fingerprint density at radius 3 is 2.52 bits per heavy atom. The Morgan fingerprint density at radius 1 is 1.29 bits per heavy atom. The highest BCUT2D eigenvalue weighted by Crippen LogP contribution is 2.25. The maximum Gasteiger partial charge on any atom is 0.124 e. The summed E-state index contributed by atoms with van der Waals surface area (Å²) >= 11 is 3.36. The van der Waals surface area contributed by atoms with Gasteiger partial charge in [-0.1, -0.05) is 29.8 Å². The molecule has 0 radical (unpaired) electrons. The zero-order chi connectivity index (χ0) is 15.9. The Morgan fingerprint density at radius 2 is 2.00 bits per heavy atom. The van der Waals surface area contributed by atoms with Gasteiger partial charge in [0.1, 0.15) is 5.82 Å². The van der Waals surface area contributed by atoms with E-state index in [4.69, 9.17) is 4.74 Å². The van der Waals surface area contributed by atoms with Crippen molar-refractivity contribution < 1.29 is 9.13 Å². The summed E-state index contributed by atoms with van der Waals surface area (Å²) in [6, 6.07) is 5.23. The van der Waals surface area contributed by atoms with E-state index in [9.17, 15) is 4.39 Å². The molecule has 0 aliphatic heterocycles. The van der Waals surface area contributed by atoms with Gasteiger partial charge in [-0.15, -0.1) is 0 Å². The third kappa shape index (κ3) is 5.68. The summed E-state index contributed by atoms with van der Waals surface area (Å²) < 4.78 is 20.4. The number of hydrogen-bond donors (Lipinski definition) is 1. The molecule has 2 atom stereocenters. The van der Waals surface area contributed by atoms with Crippen LogP contribution in [0.1, 0.15) is 46.1 Å². The maximum absolute atomic E-state index is 13.6. The van der Waals surface area contributed by atoms with E-state index in [1.807, 2.05) is 13.0 Å². The van der Waals surface area contributed by atoms with Crippen molar-refractivity contribution in [2.24, 2.45) is 0 Å². The lowest BCUT2D eigenvalue weighted by Gasteiger charge is -2.37. The van der Waals surface area contributed by atoms with Crippen molar-refractivity contribution >= 4 is 15.9 Å². The molecule has 4 heteroatoms.